The molecule has 0 spiro atoms. The predicted molar refractivity (Wildman–Crippen MR) is 147 cm³/mol. The number of hydrogen-bond donors (Lipinski definition) is 0. The van der Waals surface area contributed by atoms with Gasteiger partial charge in [-0.25, -0.2) is 12.1 Å². The van der Waals surface area contributed by atoms with Crippen molar-refractivity contribution >= 4 is 10.8 Å². The molecule has 184 valence electrons. The molecule has 1 heteroatoms. The van der Waals surface area contributed by atoms with Gasteiger partial charge in [0.05, 0.1) is 0 Å². The summed E-state index contributed by atoms with van der Waals surface area (Å²) in [7, 11) is 0. The number of benzene rings is 1. The number of fused-ring (bicyclic) bond motifs is 2. The van der Waals surface area contributed by atoms with Gasteiger partial charge in [-0.05, 0) is 18.3 Å². The van der Waals surface area contributed by atoms with Gasteiger partial charge in [0.25, 0.3) is 0 Å². The van der Waals surface area contributed by atoms with Gasteiger partial charge in [-0.1, -0.05) is 70.4 Å². The summed E-state index contributed by atoms with van der Waals surface area (Å²) in [5, 5.41) is 3.00. The first-order valence-corrected chi connectivity index (χ1v) is 10.5. The van der Waals surface area contributed by atoms with Crippen molar-refractivity contribution in [3.63, 3.8) is 0 Å². The van der Waals surface area contributed by atoms with Crippen molar-refractivity contribution in [3.8, 4) is 0 Å². The Hall–Kier alpha value is -0.950. The van der Waals surface area contributed by atoms with Gasteiger partial charge in [-0.3, -0.25) is 0 Å². The van der Waals surface area contributed by atoms with Crippen molar-refractivity contribution in [2.75, 3.05) is 0 Å². The summed E-state index contributed by atoms with van der Waals surface area (Å²) < 4.78 is 0. The first-order chi connectivity index (χ1) is 12.6. The number of rotatable bonds is 6. The first kappa shape index (κ1) is 38.3. The Labute approximate surface area is 221 Å². The fraction of sp³-hybridized carbons (Fsp3) is 0.387. The maximum absolute atomic E-state index is 2.50. The van der Waals surface area contributed by atoms with Crippen LogP contribution in [-0.4, -0.2) is 0 Å². The van der Waals surface area contributed by atoms with Crippen molar-refractivity contribution < 1.29 is 25.8 Å². The van der Waals surface area contributed by atoms with E-state index < -0.39 is 0 Å². The van der Waals surface area contributed by atoms with Crippen molar-refractivity contribution in [1.29, 1.82) is 0 Å². The summed E-state index contributed by atoms with van der Waals surface area (Å²) in [6, 6.07) is 19.7. The van der Waals surface area contributed by atoms with Crippen LogP contribution in [0.3, 0.4) is 0 Å². The monoisotopic (exact) mass is 601 g/mol. The van der Waals surface area contributed by atoms with Crippen molar-refractivity contribution in [1.82, 2.24) is 0 Å². The van der Waals surface area contributed by atoms with E-state index >= 15 is 0 Å². The van der Waals surface area contributed by atoms with Gasteiger partial charge in [0.2, 0.25) is 0 Å². The number of aryl methyl sites for hydroxylation is 1. The molecule has 0 radical (unpaired) electrons. The fourth-order valence-electron chi connectivity index (χ4n) is 4.29. The first-order valence-electron chi connectivity index (χ1n) is 10.5. The molecule has 0 saturated carbocycles. The molecule has 0 bridgehead atoms. The molecule has 0 aromatic heterocycles. The third kappa shape index (κ3) is 10.8. The van der Waals surface area contributed by atoms with E-state index in [-0.39, 0.29) is 63.0 Å². The van der Waals surface area contributed by atoms with Gasteiger partial charge < -0.3 is 37.1 Å². The third-order valence-electron chi connectivity index (χ3n) is 5.63. The fourth-order valence-corrected chi connectivity index (χ4v) is 4.29. The zero-order valence-electron chi connectivity index (χ0n) is 22.4. The molecule has 0 heterocycles. The number of unbranched alkanes of at least 4 members (excludes halogenated alkanes) is 4. The van der Waals surface area contributed by atoms with Crippen LogP contribution in [0.2, 0.25) is 0 Å². The van der Waals surface area contributed by atoms with Gasteiger partial charge in [-0.2, -0.15) is 24.3 Å². The molecule has 3 aromatic rings. The molecule has 0 amide bonds. The van der Waals surface area contributed by atoms with Gasteiger partial charge in [0.1, 0.15) is 0 Å². The van der Waals surface area contributed by atoms with E-state index in [9.17, 15) is 0 Å². The van der Waals surface area contributed by atoms with Gasteiger partial charge in [0.15, 0.2) is 0 Å². The second-order valence-electron chi connectivity index (χ2n) is 8.71. The van der Waals surface area contributed by atoms with Gasteiger partial charge in [0, 0.05) is 25.8 Å². The molecule has 0 unspecified atom stereocenters. The topological polar surface area (TPSA) is 0 Å². The van der Waals surface area contributed by atoms with Crippen molar-refractivity contribution in [2.45, 2.75) is 72.1 Å². The minimum absolute atomic E-state index is 0. The molecule has 0 N–H and O–H groups in total. The van der Waals surface area contributed by atoms with Crippen LogP contribution in [0.1, 0.15) is 69.6 Å². The van der Waals surface area contributed by atoms with E-state index in [0.717, 1.165) is 0 Å². The van der Waals surface area contributed by atoms with E-state index in [1.807, 2.05) is 30.3 Å². The smallest absolute Gasteiger partial charge is 0 e. The molecule has 1 aliphatic carbocycles. The summed E-state index contributed by atoms with van der Waals surface area (Å²) in [6.45, 7) is 7.07. The Morgan fingerprint density at radius 2 is 1.41 bits per heavy atom. The summed E-state index contributed by atoms with van der Waals surface area (Å²) in [5.41, 5.74) is 5.23. The van der Waals surface area contributed by atoms with Crippen molar-refractivity contribution in [2.24, 2.45) is 5.41 Å². The second kappa shape index (κ2) is 18.5. The standard InChI is InChI=1S/C21H29.C5H5.5CH3.Hf/c1-4-5-6-7-8-9-16-10-11-17-12-18-14-21(2,3)15-19(18)13-20(16)17;1-2-4-5-3-1;;;;;;/h10-13H,4-9,14-15H2,1-3H3;1-5H;5*1H3;/q7*-1;. The van der Waals surface area contributed by atoms with Crippen LogP contribution < -0.4 is 0 Å². The summed E-state index contributed by atoms with van der Waals surface area (Å²) in [4.78, 5) is 0. The summed E-state index contributed by atoms with van der Waals surface area (Å²) in [6.07, 6.45) is 10.6. The van der Waals surface area contributed by atoms with Crippen LogP contribution >= 0.6 is 0 Å². The maximum Gasteiger partial charge on any atom is 0 e. The van der Waals surface area contributed by atoms with Crippen LogP contribution in [-0.2, 0) is 45.1 Å². The van der Waals surface area contributed by atoms with E-state index in [4.69, 9.17) is 0 Å². The van der Waals surface area contributed by atoms with Crippen LogP contribution in [0.4, 0.5) is 0 Å². The molecule has 1 aliphatic rings. The zero-order chi connectivity index (χ0) is 18.4. The normalized spacial score (nSPS) is 12.1. The van der Waals surface area contributed by atoms with Gasteiger partial charge >= 0.3 is 0 Å². The molecule has 0 nitrogen and oxygen atoms in total. The Morgan fingerprint density at radius 1 is 0.844 bits per heavy atom. The average molecular weight is 600 g/mol. The van der Waals surface area contributed by atoms with Gasteiger partial charge in [-0.15, -0.1) is 34.5 Å². The van der Waals surface area contributed by atoms with Crippen molar-refractivity contribution in [3.05, 3.63) is 108 Å². The Kier molecular flexibility index (Phi) is 22.1. The molecule has 3 aromatic carbocycles. The minimum Gasteiger partial charge on any atom is -0.358 e. The SMILES string of the molecule is CCCCCCC[c-]1ccc2cc3c(cc21)CC(C)(C)C3.[CH3-].[CH3-].[CH3-].[CH3-].[CH3-].[Hf].c1cc[cH-]c1. The number of hydrogen-bond acceptors (Lipinski definition) is 0. The quantitative estimate of drug-likeness (QED) is 0.150. The molecule has 0 aliphatic heterocycles. The minimum atomic E-state index is 0. The Balaban J connectivity index is -0.000000319. The second-order valence-corrected chi connectivity index (χ2v) is 8.71. The largest absolute Gasteiger partial charge is 0.358 e. The van der Waals surface area contributed by atoms with Crippen LogP contribution in [0.25, 0.3) is 10.8 Å². The Morgan fingerprint density at radius 3 is 1.94 bits per heavy atom. The van der Waals surface area contributed by atoms with Crippen LogP contribution in [0.15, 0.2) is 54.6 Å². The molecule has 0 fully saturated rings. The molecular formula is C31H49Hf-7. The third-order valence-corrected chi connectivity index (χ3v) is 5.63. The average Bonchev–Trinajstić information content (AvgIpc) is 3.32. The van der Waals surface area contributed by atoms with E-state index in [0.29, 0.717) is 5.41 Å². The zero-order valence-corrected chi connectivity index (χ0v) is 25.9. The molecule has 32 heavy (non-hydrogen) atoms. The van der Waals surface area contributed by atoms with E-state index in [2.05, 4.69) is 45.0 Å². The summed E-state index contributed by atoms with van der Waals surface area (Å²) in [5.74, 6) is 0. The molecule has 0 atom stereocenters. The summed E-state index contributed by atoms with van der Waals surface area (Å²) >= 11 is 0. The van der Waals surface area contributed by atoms with E-state index in [1.165, 1.54) is 62.1 Å². The maximum atomic E-state index is 2.50. The molecular weight excluding hydrogens is 551 g/mol. The Bertz CT molecular complexity index is 772. The molecule has 4 rings (SSSR count). The van der Waals surface area contributed by atoms with E-state index in [1.54, 1.807) is 16.7 Å². The molecule has 0 saturated heterocycles. The predicted octanol–water partition coefficient (Wildman–Crippen LogP) is 9.85. The van der Waals surface area contributed by atoms with Crippen LogP contribution in [0, 0.1) is 42.5 Å². The van der Waals surface area contributed by atoms with Crippen LogP contribution in [0.5, 0.6) is 0 Å².